The van der Waals surface area contributed by atoms with E-state index in [0.29, 0.717) is 11.3 Å². The molecule has 0 N–H and O–H groups in total. The van der Waals surface area contributed by atoms with Crippen LogP contribution in [0.2, 0.25) is 0 Å². The number of furan rings is 1. The highest BCUT2D eigenvalue weighted by atomic mass is 16.6. The minimum absolute atomic E-state index is 0.200. The van der Waals surface area contributed by atoms with E-state index in [1.54, 1.807) is 30.3 Å². The van der Waals surface area contributed by atoms with E-state index in [2.05, 4.69) is 0 Å². The molecule has 4 nitrogen and oxygen atoms in total. The fourth-order valence-corrected chi connectivity index (χ4v) is 1.83. The van der Waals surface area contributed by atoms with Crippen molar-refractivity contribution in [2.75, 3.05) is 0 Å². The molecule has 0 saturated carbocycles. The van der Waals surface area contributed by atoms with Gasteiger partial charge in [0.05, 0.1) is 11.8 Å². The van der Waals surface area contributed by atoms with Crippen LogP contribution in [0.1, 0.15) is 20.7 Å². The number of allylic oxidation sites excluding steroid dienone is 2. The Morgan fingerprint density at radius 3 is 2.56 bits per heavy atom. The fourth-order valence-electron chi connectivity index (χ4n) is 1.83. The Kier molecular flexibility index (Phi) is 2.34. The molecule has 1 aliphatic rings. The average molecular weight is 240 g/mol. The summed E-state index contributed by atoms with van der Waals surface area (Å²) in [7, 11) is 0. The van der Waals surface area contributed by atoms with Gasteiger partial charge in [0.1, 0.15) is 5.75 Å². The lowest BCUT2D eigenvalue weighted by molar-refractivity contribution is 0.0991. The van der Waals surface area contributed by atoms with E-state index in [0.717, 1.165) is 0 Å². The summed E-state index contributed by atoms with van der Waals surface area (Å²) in [5.74, 6) is 0.157. The Morgan fingerprint density at radius 2 is 1.78 bits per heavy atom. The van der Waals surface area contributed by atoms with Crippen molar-refractivity contribution < 1.29 is 18.7 Å². The average Bonchev–Trinajstić information content (AvgIpc) is 2.87. The zero-order valence-corrected chi connectivity index (χ0v) is 9.25. The summed E-state index contributed by atoms with van der Waals surface area (Å²) in [6.45, 7) is 0. The molecule has 1 heterocycles. The minimum atomic E-state index is -0.244. The van der Waals surface area contributed by atoms with Crippen molar-refractivity contribution in [1.82, 2.24) is 0 Å². The van der Waals surface area contributed by atoms with E-state index in [9.17, 15) is 9.59 Å². The SMILES string of the molecule is O=C1C=CC(=O)c2c(Oc3ccco3)cccc21. The van der Waals surface area contributed by atoms with Crippen molar-refractivity contribution in [3.8, 4) is 11.7 Å². The van der Waals surface area contributed by atoms with Crippen molar-refractivity contribution in [2.24, 2.45) is 0 Å². The number of ether oxygens (including phenoxy) is 1. The molecule has 1 aromatic carbocycles. The van der Waals surface area contributed by atoms with Crippen LogP contribution in [0.3, 0.4) is 0 Å². The maximum absolute atomic E-state index is 11.8. The van der Waals surface area contributed by atoms with Crippen LogP contribution < -0.4 is 4.74 Å². The lowest BCUT2D eigenvalue weighted by Crippen LogP contribution is -2.12. The van der Waals surface area contributed by atoms with Crippen molar-refractivity contribution >= 4 is 11.6 Å². The smallest absolute Gasteiger partial charge is 0.289 e. The first-order valence-electron chi connectivity index (χ1n) is 5.37. The third-order valence-corrected chi connectivity index (χ3v) is 2.63. The summed E-state index contributed by atoms with van der Waals surface area (Å²) in [4.78, 5) is 23.5. The predicted molar refractivity (Wildman–Crippen MR) is 63.0 cm³/mol. The van der Waals surface area contributed by atoms with E-state index in [1.807, 2.05) is 0 Å². The molecule has 4 heteroatoms. The van der Waals surface area contributed by atoms with Crippen LogP contribution in [-0.2, 0) is 0 Å². The highest BCUT2D eigenvalue weighted by molar-refractivity contribution is 6.23. The largest absolute Gasteiger partial charge is 0.434 e. The molecule has 0 fully saturated rings. The van der Waals surface area contributed by atoms with E-state index < -0.39 is 0 Å². The van der Waals surface area contributed by atoms with Crippen LogP contribution in [0.25, 0.3) is 0 Å². The van der Waals surface area contributed by atoms with E-state index in [-0.39, 0.29) is 23.1 Å². The number of hydrogen-bond acceptors (Lipinski definition) is 4. The second kappa shape index (κ2) is 4.00. The summed E-state index contributed by atoms with van der Waals surface area (Å²) in [6, 6.07) is 8.21. The molecule has 0 aliphatic heterocycles. The van der Waals surface area contributed by atoms with Crippen LogP contribution in [0.15, 0.2) is 53.2 Å². The zero-order valence-electron chi connectivity index (χ0n) is 9.25. The molecular weight excluding hydrogens is 232 g/mol. The highest BCUT2D eigenvalue weighted by Crippen LogP contribution is 2.30. The molecule has 3 rings (SSSR count). The van der Waals surface area contributed by atoms with Gasteiger partial charge < -0.3 is 9.15 Å². The molecular formula is C14H8O4. The van der Waals surface area contributed by atoms with Gasteiger partial charge in [-0.15, -0.1) is 0 Å². The third-order valence-electron chi connectivity index (χ3n) is 2.63. The zero-order chi connectivity index (χ0) is 12.5. The van der Waals surface area contributed by atoms with Crippen LogP contribution in [0.5, 0.6) is 11.7 Å². The van der Waals surface area contributed by atoms with Crippen molar-refractivity contribution in [2.45, 2.75) is 0 Å². The van der Waals surface area contributed by atoms with Crippen molar-refractivity contribution in [3.05, 3.63) is 59.9 Å². The van der Waals surface area contributed by atoms with Crippen LogP contribution >= 0.6 is 0 Å². The monoisotopic (exact) mass is 240 g/mol. The van der Waals surface area contributed by atoms with Gasteiger partial charge in [0.15, 0.2) is 11.6 Å². The normalized spacial score (nSPS) is 13.6. The molecule has 0 spiro atoms. The molecule has 0 bridgehead atoms. The standard InChI is InChI=1S/C14H8O4/c15-10-6-7-11(16)14-9(10)3-1-4-12(14)18-13-5-2-8-17-13/h1-8H. The van der Waals surface area contributed by atoms with E-state index in [1.165, 1.54) is 18.4 Å². The first-order chi connectivity index (χ1) is 8.75. The van der Waals surface area contributed by atoms with Gasteiger partial charge in [-0.1, -0.05) is 12.1 Å². The van der Waals surface area contributed by atoms with Crippen molar-refractivity contribution in [1.29, 1.82) is 0 Å². The predicted octanol–water partition coefficient (Wildman–Crippen LogP) is 3.01. The Balaban J connectivity index is 2.10. The van der Waals surface area contributed by atoms with Crippen LogP contribution in [0, 0.1) is 0 Å². The number of ketones is 2. The first-order valence-corrected chi connectivity index (χ1v) is 5.37. The van der Waals surface area contributed by atoms with Gasteiger partial charge in [0, 0.05) is 11.6 Å². The number of fused-ring (bicyclic) bond motifs is 1. The molecule has 0 radical (unpaired) electrons. The number of rotatable bonds is 2. The van der Waals surface area contributed by atoms with E-state index >= 15 is 0 Å². The second-order valence-corrected chi connectivity index (χ2v) is 3.77. The summed E-state index contributed by atoms with van der Waals surface area (Å²) < 4.78 is 10.5. The maximum Gasteiger partial charge on any atom is 0.289 e. The third kappa shape index (κ3) is 1.64. The van der Waals surface area contributed by atoms with Gasteiger partial charge in [-0.2, -0.15) is 0 Å². The van der Waals surface area contributed by atoms with Gasteiger partial charge in [-0.05, 0) is 24.3 Å². The minimum Gasteiger partial charge on any atom is -0.434 e. The number of carbonyl (C=O) groups is 2. The topological polar surface area (TPSA) is 56.5 Å². The molecule has 0 unspecified atom stereocenters. The van der Waals surface area contributed by atoms with Gasteiger partial charge in [0.25, 0.3) is 5.95 Å². The fraction of sp³-hybridized carbons (Fsp3) is 0. The van der Waals surface area contributed by atoms with Crippen LogP contribution in [-0.4, -0.2) is 11.6 Å². The quantitative estimate of drug-likeness (QED) is 0.809. The number of carbonyl (C=O) groups excluding carboxylic acids is 2. The summed E-state index contributed by atoms with van der Waals surface area (Å²) in [5.41, 5.74) is 0.632. The molecule has 0 atom stereocenters. The Bertz CT molecular complexity index is 650. The Labute approximate surface area is 102 Å². The van der Waals surface area contributed by atoms with Gasteiger partial charge in [-0.3, -0.25) is 9.59 Å². The molecule has 18 heavy (non-hydrogen) atoms. The highest BCUT2D eigenvalue weighted by Gasteiger charge is 2.23. The molecule has 2 aromatic rings. The molecule has 88 valence electrons. The lowest BCUT2D eigenvalue weighted by Gasteiger charge is -2.12. The van der Waals surface area contributed by atoms with E-state index in [4.69, 9.17) is 9.15 Å². The summed E-state index contributed by atoms with van der Waals surface area (Å²) >= 11 is 0. The van der Waals surface area contributed by atoms with Crippen molar-refractivity contribution in [3.63, 3.8) is 0 Å². The van der Waals surface area contributed by atoms with Gasteiger partial charge in [-0.25, -0.2) is 0 Å². The Hall–Kier alpha value is -2.62. The van der Waals surface area contributed by atoms with Crippen LogP contribution in [0.4, 0.5) is 0 Å². The molecule has 1 aromatic heterocycles. The second-order valence-electron chi connectivity index (χ2n) is 3.77. The molecule has 0 saturated heterocycles. The lowest BCUT2D eigenvalue weighted by atomic mass is 9.94. The maximum atomic E-state index is 11.8. The Morgan fingerprint density at radius 1 is 0.944 bits per heavy atom. The first kappa shape index (κ1) is 10.5. The molecule has 1 aliphatic carbocycles. The summed E-state index contributed by atoms with van der Waals surface area (Å²) in [5, 5.41) is 0. The number of benzene rings is 1. The van der Waals surface area contributed by atoms with Gasteiger partial charge >= 0.3 is 0 Å². The molecule has 0 amide bonds. The number of hydrogen-bond donors (Lipinski definition) is 0. The van der Waals surface area contributed by atoms with Gasteiger partial charge in [0.2, 0.25) is 0 Å². The summed E-state index contributed by atoms with van der Waals surface area (Å²) in [6.07, 6.45) is 3.98.